The first-order valence-electron chi connectivity index (χ1n) is 13.0. The minimum absolute atomic E-state index is 0.0242. The number of rotatable bonds is 7. The number of aryl methyl sites for hydroxylation is 1. The highest BCUT2D eigenvalue weighted by Gasteiger charge is 2.49. The third-order valence-corrected chi connectivity index (χ3v) is 7.87. The summed E-state index contributed by atoms with van der Waals surface area (Å²) >= 11 is 0. The molecule has 1 saturated carbocycles. The van der Waals surface area contributed by atoms with E-state index in [1.165, 1.54) is 0 Å². The maximum atomic E-state index is 13.2. The van der Waals surface area contributed by atoms with Gasteiger partial charge < -0.3 is 14.6 Å². The smallest absolute Gasteiger partial charge is 0.257 e. The number of hydrogen-bond acceptors (Lipinski definition) is 7. The van der Waals surface area contributed by atoms with E-state index < -0.39 is 0 Å². The SMILES string of the molecule is CCn1ncc(C(=O)N2CCC3(CC2)CC(c2nnc(C(C)C)o2)N(CC(=O)NC2CC2)C3)c1C. The van der Waals surface area contributed by atoms with Crippen molar-refractivity contribution in [3.63, 3.8) is 0 Å². The molecule has 10 heteroatoms. The number of carbonyl (C=O) groups excluding carboxylic acids is 2. The van der Waals surface area contributed by atoms with Gasteiger partial charge in [0.1, 0.15) is 0 Å². The number of aromatic nitrogens is 4. The van der Waals surface area contributed by atoms with Crippen LogP contribution in [-0.4, -0.2) is 73.8 Å². The van der Waals surface area contributed by atoms with E-state index in [1.807, 2.05) is 37.3 Å². The lowest BCUT2D eigenvalue weighted by molar-refractivity contribution is -0.122. The zero-order valence-electron chi connectivity index (χ0n) is 21.3. The quantitative estimate of drug-likeness (QED) is 0.645. The van der Waals surface area contributed by atoms with Gasteiger partial charge in [-0.2, -0.15) is 5.10 Å². The van der Waals surface area contributed by atoms with E-state index in [9.17, 15) is 9.59 Å². The van der Waals surface area contributed by atoms with Crippen LogP contribution >= 0.6 is 0 Å². The van der Waals surface area contributed by atoms with Crippen LogP contribution in [0.25, 0.3) is 0 Å². The van der Waals surface area contributed by atoms with E-state index in [-0.39, 0.29) is 29.2 Å². The average molecular weight is 484 g/mol. The van der Waals surface area contributed by atoms with Gasteiger partial charge in [-0.1, -0.05) is 13.8 Å². The first kappa shape index (κ1) is 24.0. The molecule has 3 fully saturated rings. The Morgan fingerprint density at radius 3 is 2.57 bits per heavy atom. The van der Waals surface area contributed by atoms with Crippen molar-refractivity contribution in [2.45, 2.75) is 84.3 Å². The third-order valence-electron chi connectivity index (χ3n) is 7.87. The molecule has 10 nitrogen and oxygen atoms in total. The molecule has 1 aliphatic carbocycles. The summed E-state index contributed by atoms with van der Waals surface area (Å²) in [5.41, 5.74) is 1.64. The van der Waals surface area contributed by atoms with Crippen LogP contribution in [0.5, 0.6) is 0 Å². The van der Waals surface area contributed by atoms with Crippen molar-refractivity contribution in [3.8, 4) is 0 Å². The van der Waals surface area contributed by atoms with Gasteiger partial charge in [0.15, 0.2) is 0 Å². The van der Waals surface area contributed by atoms with Crippen LogP contribution in [0.4, 0.5) is 0 Å². The van der Waals surface area contributed by atoms with E-state index >= 15 is 0 Å². The number of hydrogen-bond donors (Lipinski definition) is 1. The Morgan fingerprint density at radius 1 is 1.23 bits per heavy atom. The topological polar surface area (TPSA) is 109 Å². The lowest BCUT2D eigenvalue weighted by atomic mass is 9.76. The Bertz CT molecular complexity index is 1080. The van der Waals surface area contributed by atoms with Crippen molar-refractivity contribution < 1.29 is 14.0 Å². The van der Waals surface area contributed by atoms with Crippen LogP contribution in [-0.2, 0) is 11.3 Å². The monoisotopic (exact) mass is 483 g/mol. The summed E-state index contributed by atoms with van der Waals surface area (Å²) in [4.78, 5) is 30.1. The Morgan fingerprint density at radius 2 is 1.97 bits per heavy atom. The molecule has 190 valence electrons. The maximum absolute atomic E-state index is 13.2. The Hall–Kier alpha value is -2.75. The van der Waals surface area contributed by atoms with Gasteiger partial charge in [-0.3, -0.25) is 19.2 Å². The van der Waals surface area contributed by atoms with Crippen LogP contribution < -0.4 is 5.32 Å². The number of nitrogens with zero attached hydrogens (tertiary/aromatic N) is 6. The molecule has 35 heavy (non-hydrogen) atoms. The van der Waals surface area contributed by atoms with E-state index in [0.29, 0.717) is 43.0 Å². The van der Waals surface area contributed by atoms with Gasteiger partial charge in [-0.05, 0) is 51.4 Å². The molecule has 0 bridgehead atoms. The normalized spacial score (nSPS) is 22.3. The zero-order chi connectivity index (χ0) is 24.7. The first-order chi connectivity index (χ1) is 16.8. The van der Waals surface area contributed by atoms with Gasteiger partial charge in [-0.25, -0.2) is 0 Å². The molecule has 1 atom stereocenters. The number of nitrogens with one attached hydrogen (secondary N) is 1. The minimum Gasteiger partial charge on any atom is -0.423 e. The molecule has 4 heterocycles. The summed E-state index contributed by atoms with van der Waals surface area (Å²) in [6.07, 6.45) is 6.48. The van der Waals surface area contributed by atoms with Crippen LogP contribution in [0.15, 0.2) is 10.6 Å². The van der Waals surface area contributed by atoms with Crippen LogP contribution in [0, 0.1) is 12.3 Å². The summed E-state index contributed by atoms with van der Waals surface area (Å²) in [6, 6.07) is 0.260. The molecule has 0 aromatic carbocycles. The molecular formula is C25H37N7O3. The van der Waals surface area contributed by atoms with Crippen LogP contribution in [0.2, 0.25) is 0 Å². The minimum atomic E-state index is -0.0766. The average Bonchev–Trinajstić information content (AvgIpc) is 3.22. The second kappa shape index (κ2) is 9.37. The largest absolute Gasteiger partial charge is 0.423 e. The standard InChI is InChI=1S/C25H37N7O3/c1-5-32-17(4)19(13-26-32)24(34)30-10-8-25(9-11-30)12-20(23-29-28-22(35-23)16(2)3)31(15-25)14-21(33)27-18-6-7-18/h13,16,18,20H,5-12,14-15H2,1-4H3,(H,27,33). The lowest BCUT2D eigenvalue weighted by Crippen LogP contribution is -2.45. The molecule has 1 N–H and O–H groups in total. The summed E-state index contributed by atoms with van der Waals surface area (Å²) < 4.78 is 7.90. The van der Waals surface area contributed by atoms with Crippen molar-refractivity contribution in [2.24, 2.45) is 5.41 Å². The van der Waals surface area contributed by atoms with Gasteiger partial charge in [0, 0.05) is 43.8 Å². The summed E-state index contributed by atoms with van der Waals surface area (Å²) in [5.74, 6) is 1.52. The fraction of sp³-hybridized carbons (Fsp3) is 0.720. The van der Waals surface area contributed by atoms with Crippen molar-refractivity contribution in [1.82, 2.24) is 35.1 Å². The van der Waals surface area contributed by atoms with Crippen molar-refractivity contribution in [2.75, 3.05) is 26.2 Å². The lowest BCUT2D eigenvalue weighted by Gasteiger charge is -2.39. The predicted molar refractivity (Wildman–Crippen MR) is 129 cm³/mol. The van der Waals surface area contributed by atoms with Gasteiger partial charge in [-0.15, -0.1) is 10.2 Å². The van der Waals surface area contributed by atoms with Crippen molar-refractivity contribution >= 4 is 11.8 Å². The molecule has 1 unspecified atom stereocenters. The first-order valence-corrected chi connectivity index (χ1v) is 13.0. The highest BCUT2D eigenvalue weighted by Crippen LogP contribution is 2.49. The van der Waals surface area contributed by atoms with Crippen molar-refractivity contribution in [1.29, 1.82) is 0 Å². The van der Waals surface area contributed by atoms with E-state index in [4.69, 9.17) is 4.42 Å². The number of piperidine rings is 1. The maximum Gasteiger partial charge on any atom is 0.257 e. The molecule has 5 rings (SSSR count). The molecule has 2 aromatic rings. The Labute approximate surface area is 206 Å². The third kappa shape index (κ3) is 4.85. The molecule has 2 saturated heterocycles. The van der Waals surface area contributed by atoms with Gasteiger partial charge >= 0.3 is 0 Å². The predicted octanol–water partition coefficient (Wildman–Crippen LogP) is 2.67. The molecule has 3 aliphatic rings. The molecule has 0 radical (unpaired) electrons. The second-order valence-electron chi connectivity index (χ2n) is 10.9. The van der Waals surface area contributed by atoms with Crippen LogP contribution in [0.3, 0.4) is 0 Å². The van der Waals surface area contributed by atoms with Crippen LogP contribution in [0.1, 0.15) is 92.7 Å². The second-order valence-corrected chi connectivity index (χ2v) is 10.9. The van der Waals surface area contributed by atoms with Crippen molar-refractivity contribution in [3.05, 3.63) is 29.2 Å². The van der Waals surface area contributed by atoms with E-state index in [1.54, 1.807) is 6.20 Å². The molecule has 2 amide bonds. The van der Waals surface area contributed by atoms with Gasteiger partial charge in [0.2, 0.25) is 17.7 Å². The molecule has 2 aliphatic heterocycles. The molecular weight excluding hydrogens is 446 g/mol. The number of amides is 2. The zero-order valence-corrected chi connectivity index (χ0v) is 21.3. The molecule has 2 aromatic heterocycles. The van der Waals surface area contributed by atoms with Gasteiger partial charge in [0.05, 0.1) is 24.3 Å². The Balaban J connectivity index is 1.29. The summed E-state index contributed by atoms with van der Waals surface area (Å²) in [6.45, 7) is 11.3. The number of carbonyl (C=O) groups is 2. The summed E-state index contributed by atoms with van der Waals surface area (Å²) in [5, 5.41) is 16.1. The highest BCUT2D eigenvalue weighted by molar-refractivity contribution is 5.95. The number of likely N-dealkylation sites (tertiary alicyclic amines) is 2. The molecule has 1 spiro atoms. The highest BCUT2D eigenvalue weighted by atomic mass is 16.4. The fourth-order valence-electron chi connectivity index (χ4n) is 5.55. The summed E-state index contributed by atoms with van der Waals surface area (Å²) in [7, 11) is 0. The van der Waals surface area contributed by atoms with E-state index in [0.717, 1.165) is 50.9 Å². The van der Waals surface area contributed by atoms with Gasteiger partial charge in [0.25, 0.3) is 5.91 Å². The Kier molecular flexibility index (Phi) is 6.41. The van der Waals surface area contributed by atoms with E-state index in [2.05, 4.69) is 25.5 Å². The fourth-order valence-corrected chi connectivity index (χ4v) is 5.55.